The van der Waals surface area contributed by atoms with Crippen molar-refractivity contribution in [1.82, 2.24) is 0 Å². The molecule has 0 atom stereocenters. The van der Waals surface area contributed by atoms with E-state index in [-0.39, 0.29) is 5.91 Å². The number of rotatable bonds is 6. The van der Waals surface area contributed by atoms with Crippen LogP contribution in [0.15, 0.2) is 78.9 Å². The predicted molar refractivity (Wildman–Crippen MR) is 110 cm³/mol. The minimum atomic E-state index is -0.755. The third-order valence-corrected chi connectivity index (χ3v) is 5.13. The van der Waals surface area contributed by atoms with Crippen LogP contribution in [-0.2, 0) is 10.2 Å². The smallest absolute Gasteiger partial charge is 0.239 e. The summed E-state index contributed by atoms with van der Waals surface area (Å²) < 4.78 is 5.27. The minimum absolute atomic E-state index is 0.0318. The number of carbonyl (C=O) groups excluding carboxylic acids is 1. The summed E-state index contributed by atoms with van der Waals surface area (Å²) in [5.41, 5.74) is 2.98. The van der Waals surface area contributed by atoms with Gasteiger partial charge in [0.05, 0.1) is 12.5 Å². The van der Waals surface area contributed by atoms with Crippen LogP contribution < -0.4 is 10.1 Å². The average Bonchev–Trinajstić information content (AvgIpc) is 2.72. The van der Waals surface area contributed by atoms with Crippen molar-refractivity contribution < 1.29 is 9.53 Å². The molecule has 138 valence electrons. The average molecular weight is 359 g/mol. The standard InChI is InChI=1S/C24H25NO2/c1-4-24(19-11-7-5-8-12-19,20-13-9-6-10-14-20)23(26)25-22-16-15-21(27-3)17-18(22)2/h5-17H,4H2,1-3H3,(H,25,26). The first-order valence-electron chi connectivity index (χ1n) is 9.19. The molecule has 0 radical (unpaired) electrons. The minimum Gasteiger partial charge on any atom is -0.497 e. The molecule has 0 aromatic heterocycles. The Bertz CT molecular complexity index is 865. The number of hydrogen-bond donors (Lipinski definition) is 1. The topological polar surface area (TPSA) is 38.3 Å². The van der Waals surface area contributed by atoms with Crippen LogP contribution in [0, 0.1) is 6.92 Å². The highest BCUT2D eigenvalue weighted by atomic mass is 16.5. The first-order valence-corrected chi connectivity index (χ1v) is 9.19. The molecule has 0 aliphatic carbocycles. The molecule has 0 spiro atoms. The van der Waals surface area contributed by atoms with Gasteiger partial charge < -0.3 is 10.1 Å². The molecule has 0 saturated heterocycles. The number of ether oxygens (including phenoxy) is 1. The van der Waals surface area contributed by atoms with Crippen LogP contribution in [0.5, 0.6) is 5.75 Å². The van der Waals surface area contributed by atoms with Crippen molar-refractivity contribution in [3.05, 3.63) is 95.6 Å². The molecule has 3 aromatic rings. The summed E-state index contributed by atoms with van der Waals surface area (Å²) in [6.45, 7) is 4.03. The van der Waals surface area contributed by atoms with Crippen molar-refractivity contribution in [2.24, 2.45) is 0 Å². The van der Waals surface area contributed by atoms with Crippen LogP contribution in [0.25, 0.3) is 0 Å². The number of carbonyl (C=O) groups is 1. The molecule has 1 N–H and O–H groups in total. The molecular weight excluding hydrogens is 334 g/mol. The quantitative estimate of drug-likeness (QED) is 0.645. The van der Waals surface area contributed by atoms with Gasteiger partial charge in [0.1, 0.15) is 5.75 Å². The monoisotopic (exact) mass is 359 g/mol. The Labute approximate surface area is 161 Å². The third-order valence-electron chi connectivity index (χ3n) is 5.13. The van der Waals surface area contributed by atoms with Gasteiger partial charge in [0.25, 0.3) is 0 Å². The normalized spacial score (nSPS) is 11.1. The summed E-state index contributed by atoms with van der Waals surface area (Å²) >= 11 is 0. The summed E-state index contributed by atoms with van der Waals surface area (Å²) in [6, 6.07) is 25.6. The molecule has 0 fully saturated rings. The van der Waals surface area contributed by atoms with E-state index < -0.39 is 5.41 Å². The molecule has 3 nitrogen and oxygen atoms in total. The Kier molecular flexibility index (Phi) is 5.60. The molecular formula is C24H25NO2. The fourth-order valence-electron chi connectivity index (χ4n) is 3.58. The highest BCUT2D eigenvalue weighted by Gasteiger charge is 2.40. The van der Waals surface area contributed by atoms with Gasteiger partial charge in [-0.25, -0.2) is 0 Å². The van der Waals surface area contributed by atoms with Crippen LogP contribution in [0.1, 0.15) is 30.0 Å². The molecule has 27 heavy (non-hydrogen) atoms. The number of methoxy groups -OCH3 is 1. The van der Waals surface area contributed by atoms with E-state index in [1.807, 2.05) is 85.8 Å². The Hall–Kier alpha value is -3.07. The van der Waals surface area contributed by atoms with Gasteiger partial charge in [0.15, 0.2) is 0 Å². The number of aryl methyl sites for hydroxylation is 1. The van der Waals surface area contributed by atoms with Crippen LogP contribution in [-0.4, -0.2) is 13.0 Å². The molecule has 0 unspecified atom stereocenters. The number of hydrogen-bond acceptors (Lipinski definition) is 2. The molecule has 0 aliphatic rings. The van der Waals surface area contributed by atoms with E-state index in [0.717, 1.165) is 28.1 Å². The maximum absolute atomic E-state index is 13.6. The zero-order valence-electron chi connectivity index (χ0n) is 16.0. The second-order valence-electron chi connectivity index (χ2n) is 6.63. The summed E-state index contributed by atoms with van der Waals surface area (Å²) in [5, 5.41) is 3.16. The van der Waals surface area contributed by atoms with Gasteiger partial charge in [0, 0.05) is 5.69 Å². The number of benzene rings is 3. The zero-order valence-corrected chi connectivity index (χ0v) is 16.0. The van der Waals surface area contributed by atoms with Gasteiger partial charge in [-0.1, -0.05) is 67.6 Å². The van der Waals surface area contributed by atoms with Crippen molar-refractivity contribution in [2.45, 2.75) is 25.7 Å². The lowest BCUT2D eigenvalue weighted by Gasteiger charge is -2.33. The molecule has 3 heteroatoms. The summed E-state index contributed by atoms with van der Waals surface area (Å²) in [4.78, 5) is 13.6. The molecule has 1 amide bonds. The number of amides is 1. The van der Waals surface area contributed by atoms with Crippen molar-refractivity contribution in [2.75, 3.05) is 12.4 Å². The molecule has 0 bridgehead atoms. The van der Waals surface area contributed by atoms with Gasteiger partial charge >= 0.3 is 0 Å². The summed E-state index contributed by atoms with van der Waals surface area (Å²) in [7, 11) is 1.64. The van der Waals surface area contributed by atoms with E-state index >= 15 is 0 Å². The zero-order chi connectivity index (χ0) is 19.3. The number of anilines is 1. The molecule has 3 aromatic carbocycles. The lowest BCUT2D eigenvalue weighted by Crippen LogP contribution is -2.41. The Balaban J connectivity index is 2.07. The molecule has 0 aliphatic heterocycles. The van der Waals surface area contributed by atoms with Crippen LogP contribution in [0.3, 0.4) is 0 Å². The van der Waals surface area contributed by atoms with Gasteiger partial charge in [-0.05, 0) is 48.2 Å². The second kappa shape index (κ2) is 8.09. The van der Waals surface area contributed by atoms with Gasteiger partial charge in [-0.15, -0.1) is 0 Å². The van der Waals surface area contributed by atoms with Gasteiger partial charge in [-0.3, -0.25) is 4.79 Å². The molecule has 3 rings (SSSR count). The molecule has 0 heterocycles. The maximum atomic E-state index is 13.6. The lowest BCUT2D eigenvalue weighted by molar-refractivity contribution is -0.120. The second-order valence-corrected chi connectivity index (χ2v) is 6.63. The summed E-state index contributed by atoms with van der Waals surface area (Å²) in [6.07, 6.45) is 0.655. The summed E-state index contributed by atoms with van der Waals surface area (Å²) in [5.74, 6) is 0.744. The van der Waals surface area contributed by atoms with Crippen molar-refractivity contribution in [1.29, 1.82) is 0 Å². The maximum Gasteiger partial charge on any atom is 0.239 e. The fraction of sp³-hybridized carbons (Fsp3) is 0.208. The van der Waals surface area contributed by atoms with Crippen LogP contribution >= 0.6 is 0 Å². The van der Waals surface area contributed by atoms with E-state index in [1.165, 1.54) is 0 Å². The van der Waals surface area contributed by atoms with Gasteiger partial charge in [0.2, 0.25) is 5.91 Å². The van der Waals surface area contributed by atoms with E-state index in [1.54, 1.807) is 7.11 Å². The van der Waals surface area contributed by atoms with Crippen molar-refractivity contribution in [3.63, 3.8) is 0 Å². The third kappa shape index (κ3) is 3.59. The van der Waals surface area contributed by atoms with E-state index in [0.29, 0.717) is 6.42 Å². The highest BCUT2D eigenvalue weighted by molar-refractivity contribution is 6.02. The SMILES string of the molecule is CCC(C(=O)Nc1ccc(OC)cc1C)(c1ccccc1)c1ccccc1. The van der Waals surface area contributed by atoms with E-state index in [9.17, 15) is 4.79 Å². The Morgan fingerprint density at radius 1 is 0.926 bits per heavy atom. The largest absolute Gasteiger partial charge is 0.497 e. The fourth-order valence-corrected chi connectivity index (χ4v) is 3.58. The van der Waals surface area contributed by atoms with Gasteiger partial charge in [-0.2, -0.15) is 0 Å². The van der Waals surface area contributed by atoms with E-state index in [2.05, 4.69) is 12.2 Å². The van der Waals surface area contributed by atoms with Crippen molar-refractivity contribution in [3.8, 4) is 5.75 Å². The Morgan fingerprint density at radius 3 is 1.93 bits per heavy atom. The predicted octanol–water partition coefficient (Wildman–Crippen LogP) is 5.34. The van der Waals surface area contributed by atoms with E-state index in [4.69, 9.17) is 4.74 Å². The van der Waals surface area contributed by atoms with Crippen LogP contribution in [0.2, 0.25) is 0 Å². The number of nitrogens with one attached hydrogen (secondary N) is 1. The highest BCUT2D eigenvalue weighted by Crippen LogP contribution is 2.37. The Morgan fingerprint density at radius 2 is 1.48 bits per heavy atom. The lowest BCUT2D eigenvalue weighted by atomic mass is 9.71. The van der Waals surface area contributed by atoms with Crippen molar-refractivity contribution >= 4 is 11.6 Å². The first kappa shape index (κ1) is 18.7. The van der Waals surface area contributed by atoms with Crippen LogP contribution in [0.4, 0.5) is 5.69 Å². The molecule has 0 saturated carbocycles. The first-order chi connectivity index (χ1) is 13.1.